The van der Waals surface area contributed by atoms with Crippen LogP contribution in [0.15, 0.2) is 28.9 Å². The van der Waals surface area contributed by atoms with Crippen LogP contribution in [0.5, 0.6) is 5.75 Å². The summed E-state index contributed by atoms with van der Waals surface area (Å²) in [4.78, 5) is 2.27. The minimum atomic E-state index is -0.554. The predicted molar refractivity (Wildman–Crippen MR) is 98.3 cm³/mol. The molecule has 1 aliphatic carbocycles. The molecule has 2 aromatic heterocycles. The van der Waals surface area contributed by atoms with Crippen molar-refractivity contribution in [3.63, 3.8) is 0 Å². The third-order valence-corrected chi connectivity index (χ3v) is 5.85. The van der Waals surface area contributed by atoms with Gasteiger partial charge in [-0.2, -0.15) is 0 Å². The standard InChI is InChI=1S/C20H21N3O3/c1-11-13-5-7-23(12-9-20(2,25)10-12)19(13)22-21-17(11)15-3-4-16-14(18(15)24)6-8-26-16/h3-4,6,8,12,24-25H,5,7,9-10H2,1-2H3. The maximum Gasteiger partial charge on any atom is 0.155 e. The summed E-state index contributed by atoms with van der Waals surface area (Å²) in [5, 5.41) is 30.3. The van der Waals surface area contributed by atoms with Crippen molar-refractivity contribution in [3.8, 4) is 17.0 Å². The van der Waals surface area contributed by atoms with E-state index in [0.29, 0.717) is 28.3 Å². The van der Waals surface area contributed by atoms with Crippen molar-refractivity contribution >= 4 is 16.8 Å². The number of phenols is 1. The topological polar surface area (TPSA) is 82.6 Å². The smallest absolute Gasteiger partial charge is 0.155 e. The molecule has 3 heterocycles. The number of phenolic OH excluding ortho intramolecular Hbond substituents is 1. The SMILES string of the molecule is Cc1c(-c2ccc3occc3c2O)nnc2c1CCN2C1CC(C)(O)C1. The monoisotopic (exact) mass is 351 g/mol. The lowest BCUT2D eigenvalue weighted by Gasteiger charge is -2.46. The first kappa shape index (κ1) is 15.6. The fourth-order valence-corrected chi connectivity index (χ4v) is 4.42. The molecule has 2 N–H and O–H groups in total. The van der Waals surface area contributed by atoms with Crippen LogP contribution in [0, 0.1) is 6.92 Å². The highest BCUT2D eigenvalue weighted by Crippen LogP contribution is 2.43. The van der Waals surface area contributed by atoms with E-state index in [0.717, 1.165) is 37.2 Å². The van der Waals surface area contributed by atoms with E-state index in [2.05, 4.69) is 15.1 Å². The summed E-state index contributed by atoms with van der Waals surface area (Å²) in [5.41, 5.74) is 3.74. The van der Waals surface area contributed by atoms with E-state index < -0.39 is 5.60 Å². The minimum absolute atomic E-state index is 0.179. The van der Waals surface area contributed by atoms with Crippen LogP contribution in [0.1, 0.15) is 30.9 Å². The average Bonchev–Trinajstić information content (AvgIpc) is 3.21. The highest BCUT2D eigenvalue weighted by Gasteiger charge is 2.44. The Kier molecular flexibility index (Phi) is 3.13. The summed E-state index contributed by atoms with van der Waals surface area (Å²) in [6.07, 6.45) is 4.03. The van der Waals surface area contributed by atoms with Crippen LogP contribution < -0.4 is 4.90 Å². The number of aromatic nitrogens is 2. The number of rotatable bonds is 2. The Morgan fingerprint density at radius 1 is 1.23 bits per heavy atom. The third kappa shape index (κ3) is 2.15. The molecule has 134 valence electrons. The first-order valence-corrected chi connectivity index (χ1v) is 8.99. The van der Waals surface area contributed by atoms with Gasteiger partial charge in [0, 0.05) is 23.7 Å². The summed E-state index contributed by atoms with van der Waals surface area (Å²) in [6.45, 7) is 4.83. The number of aliphatic hydroxyl groups is 1. The highest BCUT2D eigenvalue weighted by molar-refractivity contribution is 5.91. The molecule has 0 unspecified atom stereocenters. The number of hydrogen-bond donors (Lipinski definition) is 2. The average molecular weight is 351 g/mol. The van der Waals surface area contributed by atoms with Gasteiger partial charge in [0.1, 0.15) is 17.0 Å². The van der Waals surface area contributed by atoms with Crippen molar-refractivity contribution < 1.29 is 14.6 Å². The van der Waals surface area contributed by atoms with E-state index in [1.165, 1.54) is 5.56 Å². The zero-order valence-corrected chi connectivity index (χ0v) is 14.9. The molecule has 3 aromatic rings. The molecule has 5 rings (SSSR count). The third-order valence-electron chi connectivity index (χ3n) is 5.85. The van der Waals surface area contributed by atoms with Crippen LogP contribution in [-0.4, -0.2) is 38.6 Å². The molecule has 0 saturated heterocycles. The fraction of sp³-hybridized carbons (Fsp3) is 0.400. The summed E-state index contributed by atoms with van der Waals surface area (Å²) in [6, 6.07) is 5.78. The molecule has 1 saturated carbocycles. The Morgan fingerprint density at radius 2 is 2.04 bits per heavy atom. The second-order valence-corrected chi connectivity index (χ2v) is 7.77. The van der Waals surface area contributed by atoms with Gasteiger partial charge in [-0.15, -0.1) is 10.2 Å². The number of nitrogens with zero attached hydrogens (tertiary/aromatic N) is 3. The lowest BCUT2D eigenvalue weighted by Crippen LogP contribution is -2.53. The lowest BCUT2D eigenvalue weighted by atomic mass is 9.76. The van der Waals surface area contributed by atoms with E-state index in [-0.39, 0.29) is 5.75 Å². The van der Waals surface area contributed by atoms with Gasteiger partial charge in [0.05, 0.1) is 17.3 Å². The van der Waals surface area contributed by atoms with Gasteiger partial charge in [-0.05, 0) is 56.9 Å². The lowest BCUT2D eigenvalue weighted by molar-refractivity contribution is -0.0307. The maximum absolute atomic E-state index is 10.6. The molecule has 0 radical (unpaired) electrons. The number of benzene rings is 1. The van der Waals surface area contributed by atoms with Gasteiger partial charge in [-0.25, -0.2) is 0 Å². The molecule has 1 aromatic carbocycles. The fourth-order valence-electron chi connectivity index (χ4n) is 4.42. The van der Waals surface area contributed by atoms with Crippen molar-refractivity contribution in [3.05, 3.63) is 35.6 Å². The second-order valence-electron chi connectivity index (χ2n) is 7.77. The molecule has 26 heavy (non-hydrogen) atoms. The summed E-state index contributed by atoms with van der Waals surface area (Å²) >= 11 is 0. The van der Waals surface area contributed by atoms with E-state index in [4.69, 9.17) is 4.42 Å². The molecular weight excluding hydrogens is 330 g/mol. The Labute approximate surface area is 151 Å². The van der Waals surface area contributed by atoms with Crippen molar-refractivity contribution in [2.24, 2.45) is 0 Å². The zero-order chi connectivity index (χ0) is 18.1. The Hall–Kier alpha value is -2.60. The molecule has 0 spiro atoms. The van der Waals surface area contributed by atoms with E-state index >= 15 is 0 Å². The number of anilines is 1. The molecular formula is C20H21N3O3. The minimum Gasteiger partial charge on any atom is -0.506 e. The number of aromatic hydroxyl groups is 1. The van der Waals surface area contributed by atoms with Crippen molar-refractivity contribution in [1.82, 2.24) is 10.2 Å². The zero-order valence-electron chi connectivity index (χ0n) is 14.9. The van der Waals surface area contributed by atoms with E-state index in [9.17, 15) is 10.2 Å². The van der Waals surface area contributed by atoms with Gasteiger partial charge < -0.3 is 19.5 Å². The Morgan fingerprint density at radius 3 is 2.81 bits per heavy atom. The number of hydrogen-bond acceptors (Lipinski definition) is 6. The van der Waals surface area contributed by atoms with Gasteiger partial charge in [0.2, 0.25) is 0 Å². The van der Waals surface area contributed by atoms with E-state index in [1.807, 2.05) is 26.0 Å². The molecule has 2 aliphatic rings. The molecule has 6 heteroatoms. The van der Waals surface area contributed by atoms with Crippen LogP contribution in [-0.2, 0) is 6.42 Å². The van der Waals surface area contributed by atoms with Crippen LogP contribution in [0.2, 0.25) is 0 Å². The second kappa shape index (κ2) is 5.20. The first-order chi connectivity index (χ1) is 12.4. The van der Waals surface area contributed by atoms with Gasteiger partial charge in [-0.3, -0.25) is 0 Å². The van der Waals surface area contributed by atoms with Gasteiger partial charge in [0.25, 0.3) is 0 Å². The van der Waals surface area contributed by atoms with Crippen LogP contribution in [0.25, 0.3) is 22.2 Å². The maximum atomic E-state index is 10.6. The molecule has 1 aliphatic heterocycles. The summed E-state index contributed by atoms with van der Waals surface area (Å²) in [5.74, 6) is 1.11. The molecule has 0 atom stereocenters. The van der Waals surface area contributed by atoms with Crippen molar-refractivity contribution in [1.29, 1.82) is 0 Å². The number of fused-ring (bicyclic) bond motifs is 2. The predicted octanol–water partition coefficient (Wildman–Crippen LogP) is 3.18. The molecule has 0 bridgehead atoms. The van der Waals surface area contributed by atoms with Crippen molar-refractivity contribution in [2.45, 2.75) is 44.8 Å². The molecule has 0 amide bonds. The molecule has 1 fully saturated rings. The first-order valence-electron chi connectivity index (χ1n) is 8.99. The Balaban J connectivity index is 1.55. The van der Waals surface area contributed by atoms with Gasteiger partial charge in [-0.1, -0.05) is 0 Å². The van der Waals surface area contributed by atoms with Gasteiger partial charge >= 0.3 is 0 Å². The Bertz CT molecular complexity index is 1020. The summed E-state index contributed by atoms with van der Waals surface area (Å²) < 4.78 is 5.35. The normalized spacial score (nSPS) is 24.7. The van der Waals surface area contributed by atoms with Crippen molar-refractivity contribution in [2.75, 3.05) is 11.4 Å². The van der Waals surface area contributed by atoms with Gasteiger partial charge in [0.15, 0.2) is 5.82 Å². The number of furan rings is 1. The van der Waals surface area contributed by atoms with Crippen LogP contribution in [0.3, 0.4) is 0 Å². The largest absolute Gasteiger partial charge is 0.506 e. The van der Waals surface area contributed by atoms with E-state index in [1.54, 1.807) is 12.3 Å². The van der Waals surface area contributed by atoms with Crippen LogP contribution in [0.4, 0.5) is 5.82 Å². The quantitative estimate of drug-likeness (QED) is 0.738. The van der Waals surface area contributed by atoms with Crippen LogP contribution >= 0.6 is 0 Å². The summed E-state index contributed by atoms with van der Waals surface area (Å²) in [7, 11) is 0. The highest BCUT2D eigenvalue weighted by atomic mass is 16.3. The molecule has 6 nitrogen and oxygen atoms in total.